The molecule has 3 amide bonds. The number of hydrogen-bond acceptors (Lipinski definition) is 4. The van der Waals surface area contributed by atoms with E-state index in [0.29, 0.717) is 6.42 Å². The van der Waals surface area contributed by atoms with Gasteiger partial charge in [-0.05, 0) is 25.8 Å². The van der Waals surface area contributed by atoms with Crippen molar-refractivity contribution in [3.05, 3.63) is 0 Å². The SMILES string of the molecule is O=C1CCC(NC(=O)[C@@H]2CCCN2)C(=O)N1. The van der Waals surface area contributed by atoms with Crippen LogP contribution in [-0.2, 0) is 14.4 Å². The number of carbonyl (C=O) groups is 3. The summed E-state index contributed by atoms with van der Waals surface area (Å²) in [5.41, 5.74) is 0. The Bertz CT molecular complexity index is 323. The summed E-state index contributed by atoms with van der Waals surface area (Å²) < 4.78 is 0. The van der Waals surface area contributed by atoms with Crippen LogP contribution in [0.2, 0.25) is 0 Å². The largest absolute Gasteiger partial charge is 0.343 e. The van der Waals surface area contributed by atoms with Crippen LogP contribution in [0.4, 0.5) is 0 Å². The van der Waals surface area contributed by atoms with Crippen molar-refractivity contribution < 1.29 is 14.4 Å². The van der Waals surface area contributed by atoms with Crippen LogP contribution >= 0.6 is 0 Å². The number of piperidine rings is 1. The number of nitrogens with one attached hydrogen (secondary N) is 3. The molecule has 0 bridgehead atoms. The molecule has 2 rings (SSSR count). The quantitative estimate of drug-likeness (QED) is 0.508. The third-order valence-electron chi connectivity index (χ3n) is 2.93. The molecule has 0 aromatic rings. The van der Waals surface area contributed by atoms with Gasteiger partial charge in [0.2, 0.25) is 17.7 Å². The monoisotopic (exact) mass is 225 g/mol. The summed E-state index contributed by atoms with van der Waals surface area (Å²) in [5.74, 6) is -0.816. The highest BCUT2D eigenvalue weighted by Crippen LogP contribution is 2.08. The zero-order chi connectivity index (χ0) is 11.5. The summed E-state index contributed by atoms with van der Waals surface area (Å²) in [4.78, 5) is 34.0. The van der Waals surface area contributed by atoms with Gasteiger partial charge in [0, 0.05) is 6.42 Å². The third kappa shape index (κ3) is 2.38. The highest BCUT2D eigenvalue weighted by atomic mass is 16.2. The average molecular weight is 225 g/mol. The molecule has 0 saturated carbocycles. The van der Waals surface area contributed by atoms with Crippen LogP contribution in [0.25, 0.3) is 0 Å². The number of rotatable bonds is 2. The van der Waals surface area contributed by atoms with Gasteiger partial charge in [-0.15, -0.1) is 0 Å². The molecule has 88 valence electrons. The fourth-order valence-electron chi connectivity index (χ4n) is 2.01. The predicted molar refractivity (Wildman–Crippen MR) is 55.3 cm³/mol. The molecule has 2 saturated heterocycles. The molecule has 2 fully saturated rings. The summed E-state index contributed by atoms with van der Waals surface area (Å²) in [6, 6.07) is -0.752. The Balaban J connectivity index is 1.86. The van der Waals surface area contributed by atoms with E-state index in [0.717, 1.165) is 19.4 Å². The van der Waals surface area contributed by atoms with E-state index in [1.165, 1.54) is 0 Å². The molecule has 2 atom stereocenters. The van der Waals surface area contributed by atoms with Crippen molar-refractivity contribution in [2.24, 2.45) is 0 Å². The van der Waals surface area contributed by atoms with E-state index in [9.17, 15) is 14.4 Å². The lowest BCUT2D eigenvalue weighted by atomic mass is 10.1. The van der Waals surface area contributed by atoms with E-state index < -0.39 is 11.9 Å². The molecule has 1 unspecified atom stereocenters. The summed E-state index contributed by atoms with van der Waals surface area (Å²) in [6.45, 7) is 0.841. The maximum absolute atomic E-state index is 11.7. The minimum absolute atomic E-state index is 0.146. The first kappa shape index (κ1) is 11.1. The van der Waals surface area contributed by atoms with Crippen LogP contribution in [0.1, 0.15) is 25.7 Å². The van der Waals surface area contributed by atoms with Crippen molar-refractivity contribution in [1.29, 1.82) is 0 Å². The highest BCUT2D eigenvalue weighted by molar-refractivity contribution is 6.02. The van der Waals surface area contributed by atoms with Crippen molar-refractivity contribution in [2.75, 3.05) is 6.54 Å². The second-order valence-corrected chi connectivity index (χ2v) is 4.16. The first-order chi connectivity index (χ1) is 7.66. The minimum Gasteiger partial charge on any atom is -0.343 e. The first-order valence-electron chi connectivity index (χ1n) is 5.54. The van der Waals surface area contributed by atoms with Gasteiger partial charge < -0.3 is 10.6 Å². The Hall–Kier alpha value is -1.43. The molecule has 2 aliphatic heterocycles. The van der Waals surface area contributed by atoms with Gasteiger partial charge in [-0.3, -0.25) is 19.7 Å². The van der Waals surface area contributed by atoms with Crippen molar-refractivity contribution in [3.8, 4) is 0 Å². The maximum Gasteiger partial charge on any atom is 0.249 e. The Morgan fingerprint density at radius 1 is 1.31 bits per heavy atom. The lowest BCUT2D eigenvalue weighted by Gasteiger charge is -2.23. The van der Waals surface area contributed by atoms with Gasteiger partial charge in [-0.25, -0.2) is 0 Å². The predicted octanol–water partition coefficient (Wildman–Crippen LogP) is -1.34. The summed E-state index contributed by atoms with van der Waals surface area (Å²) >= 11 is 0. The second-order valence-electron chi connectivity index (χ2n) is 4.16. The van der Waals surface area contributed by atoms with Gasteiger partial charge in [0.1, 0.15) is 6.04 Å². The van der Waals surface area contributed by atoms with E-state index in [1.54, 1.807) is 0 Å². The Labute approximate surface area is 93.1 Å². The van der Waals surface area contributed by atoms with Gasteiger partial charge in [0.25, 0.3) is 0 Å². The van der Waals surface area contributed by atoms with Crippen LogP contribution in [0, 0.1) is 0 Å². The molecule has 0 aromatic heterocycles. The average Bonchev–Trinajstić information content (AvgIpc) is 2.75. The minimum atomic E-state index is -0.562. The molecule has 0 aromatic carbocycles. The molecule has 2 heterocycles. The van der Waals surface area contributed by atoms with Crippen molar-refractivity contribution >= 4 is 17.7 Å². The molecule has 0 aliphatic carbocycles. The maximum atomic E-state index is 11.7. The van der Waals surface area contributed by atoms with Crippen molar-refractivity contribution in [1.82, 2.24) is 16.0 Å². The van der Waals surface area contributed by atoms with Gasteiger partial charge in [-0.2, -0.15) is 0 Å². The third-order valence-corrected chi connectivity index (χ3v) is 2.93. The van der Waals surface area contributed by atoms with E-state index in [-0.39, 0.29) is 24.3 Å². The number of amides is 3. The molecule has 6 heteroatoms. The van der Waals surface area contributed by atoms with E-state index in [2.05, 4.69) is 16.0 Å². The second kappa shape index (κ2) is 4.61. The molecule has 0 radical (unpaired) electrons. The summed E-state index contributed by atoms with van der Waals surface area (Å²) in [5, 5.41) is 7.94. The van der Waals surface area contributed by atoms with Crippen LogP contribution in [0.3, 0.4) is 0 Å². The Kier molecular flexibility index (Phi) is 3.19. The van der Waals surface area contributed by atoms with Crippen LogP contribution < -0.4 is 16.0 Å². The lowest BCUT2D eigenvalue weighted by Crippen LogP contribution is -2.55. The van der Waals surface area contributed by atoms with Gasteiger partial charge in [0.15, 0.2) is 0 Å². The van der Waals surface area contributed by atoms with Crippen LogP contribution in [-0.4, -0.2) is 36.3 Å². The normalized spacial score (nSPS) is 30.0. The standard InChI is InChI=1S/C10H15N3O3/c14-8-4-3-7(10(16)13-8)12-9(15)6-2-1-5-11-6/h6-7,11H,1-5H2,(H,12,15)(H,13,14,16)/t6-,7?/m0/s1. The fourth-order valence-corrected chi connectivity index (χ4v) is 2.01. The van der Waals surface area contributed by atoms with Crippen LogP contribution in [0.15, 0.2) is 0 Å². The highest BCUT2D eigenvalue weighted by Gasteiger charge is 2.30. The van der Waals surface area contributed by atoms with Crippen molar-refractivity contribution in [2.45, 2.75) is 37.8 Å². The fraction of sp³-hybridized carbons (Fsp3) is 0.700. The summed E-state index contributed by atoms with van der Waals surface area (Å²) in [6.07, 6.45) is 2.46. The lowest BCUT2D eigenvalue weighted by molar-refractivity contribution is -0.137. The Morgan fingerprint density at radius 3 is 2.75 bits per heavy atom. The van der Waals surface area contributed by atoms with E-state index >= 15 is 0 Å². The zero-order valence-corrected chi connectivity index (χ0v) is 8.91. The van der Waals surface area contributed by atoms with Gasteiger partial charge in [0.05, 0.1) is 6.04 Å². The number of hydrogen-bond donors (Lipinski definition) is 3. The summed E-state index contributed by atoms with van der Waals surface area (Å²) in [7, 11) is 0. The van der Waals surface area contributed by atoms with Gasteiger partial charge >= 0.3 is 0 Å². The van der Waals surface area contributed by atoms with E-state index in [1.807, 2.05) is 0 Å². The molecular weight excluding hydrogens is 210 g/mol. The molecular formula is C10H15N3O3. The molecule has 2 aliphatic rings. The van der Waals surface area contributed by atoms with E-state index in [4.69, 9.17) is 0 Å². The smallest absolute Gasteiger partial charge is 0.249 e. The number of carbonyl (C=O) groups excluding carboxylic acids is 3. The molecule has 0 spiro atoms. The molecule has 6 nitrogen and oxygen atoms in total. The topological polar surface area (TPSA) is 87.3 Å². The van der Waals surface area contributed by atoms with Crippen molar-refractivity contribution in [3.63, 3.8) is 0 Å². The van der Waals surface area contributed by atoms with Crippen LogP contribution in [0.5, 0.6) is 0 Å². The zero-order valence-electron chi connectivity index (χ0n) is 8.91. The first-order valence-corrected chi connectivity index (χ1v) is 5.54. The molecule has 3 N–H and O–H groups in total. The van der Waals surface area contributed by atoms with Gasteiger partial charge in [-0.1, -0.05) is 0 Å². The Morgan fingerprint density at radius 2 is 2.12 bits per heavy atom. The molecule has 16 heavy (non-hydrogen) atoms. The number of imide groups is 1.